The number of halogens is 1. The average Bonchev–Trinajstić information content (AvgIpc) is 2.67. The third-order valence-electron chi connectivity index (χ3n) is 1.95. The lowest BCUT2D eigenvalue weighted by Crippen LogP contribution is -1.94. The van der Waals surface area contributed by atoms with Gasteiger partial charge in [0, 0.05) is 0 Å². The van der Waals surface area contributed by atoms with Gasteiger partial charge in [-0.1, -0.05) is 12.1 Å². The number of hydrogen-bond donors (Lipinski definition) is 0. The third kappa shape index (κ3) is 2.22. The smallest absolute Gasteiger partial charge is 0.217 e. The molecule has 1 aromatic heterocycles. The molecule has 4 nitrogen and oxygen atoms in total. The molecule has 74 valence electrons. The van der Waals surface area contributed by atoms with Crippen LogP contribution in [-0.4, -0.2) is 14.8 Å². The molecule has 5 heteroatoms. The van der Waals surface area contributed by atoms with Crippen LogP contribution in [0.25, 0.3) is 5.69 Å². The Kier molecular flexibility index (Phi) is 2.79. The molecule has 2 aromatic rings. The zero-order valence-electron chi connectivity index (χ0n) is 7.76. The van der Waals surface area contributed by atoms with Crippen LogP contribution in [0.3, 0.4) is 0 Å². The quantitative estimate of drug-likeness (QED) is 0.833. The first-order chi connectivity index (χ1) is 7.29. The summed E-state index contributed by atoms with van der Waals surface area (Å²) in [7, 11) is 0. The maximum absolute atomic E-state index is 8.53. The Morgan fingerprint density at radius 2 is 2.07 bits per heavy atom. The topological polar surface area (TPSA) is 54.5 Å². The number of nitrogens with zero attached hydrogens (tertiary/aromatic N) is 4. The number of benzene rings is 1. The second kappa shape index (κ2) is 4.24. The van der Waals surface area contributed by atoms with E-state index in [1.807, 2.05) is 24.3 Å². The van der Waals surface area contributed by atoms with Crippen molar-refractivity contribution in [1.29, 1.82) is 5.26 Å². The predicted molar refractivity (Wildman–Crippen MR) is 58.4 cm³/mol. The minimum atomic E-state index is 0.432. The van der Waals surface area contributed by atoms with Crippen LogP contribution in [0.2, 0.25) is 0 Å². The Labute approximate surface area is 95.3 Å². The van der Waals surface area contributed by atoms with Crippen molar-refractivity contribution in [3.63, 3.8) is 0 Å². The van der Waals surface area contributed by atoms with E-state index in [1.165, 1.54) is 0 Å². The summed E-state index contributed by atoms with van der Waals surface area (Å²) in [5.74, 6) is 0. The van der Waals surface area contributed by atoms with E-state index in [1.54, 1.807) is 11.0 Å². The van der Waals surface area contributed by atoms with E-state index in [-0.39, 0.29) is 0 Å². The second-order valence-electron chi connectivity index (χ2n) is 2.96. The van der Waals surface area contributed by atoms with Crippen molar-refractivity contribution in [3.05, 3.63) is 40.9 Å². The fourth-order valence-corrected chi connectivity index (χ4v) is 1.49. The summed E-state index contributed by atoms with van der Waals surface area (Å²) >= 11 is 3.18. The van der Waals surface area contributed by atoms with E-state index in [9.17, 15) is 0 Å². The summed E-state index contributed by atoms with van der Waals surface area (Å²) in [5, 5.41) is 12.6. The first kappa shape index (κ1) is 9.87. The maximum atomic E-state index is 8.53. The van der Waals surface area contributed by atoms with E-state index in [4.69, 9.17) is 5.26 Å². The van der Waals surface area contributed by atoms with Crippen molar-refractivity contribution in [3.8, 4) is 11.8 Å². The minimum absolute atomic E-state index is 0.432. The van der Waals surface area contributed by atoms with Gasteiger partial charge in [-0.05, 0) is 33.6 Å². The van der Waals surface area contributed by atoms with Gasteiger partial charge in [0.1, 0.15) is 6.33 Å². The summed E-state index contributed by atoms with van der Waals surface area (Å²) in [6.07, 6.45) is 2.06. The van der Waals surface area contributed by atoms with Gasteiger partial charge in [-0.25, -0.2) is 9.67 Å². The highest BCUT2D eigenvalue weighted by Crippen LogP contribution is 2.10. The SMILES string of the molecule is N#CCc1ccc(-n2cnc(Br)n2)cc1. The maximum Gasteiger partial charge on any atom is 0.217 e. The van der Waals surface area contributed by atoms with E-state index >= 15 is 0 Å². The van der Waals surface area contributed by atoms with E-state index < -0.39 is 0 Å². The molecule has 1 heterocycles. The average molecular weight is 263 g/mol. The molecule has 1 aromatic carbocycles. The van der Waals surface area contributed by atoms with Crippen molar-refractivity contribution in [2.75, 3.05) is 0 Å². The molecule has 0 saturated heterocycles. The van der Waals surface area contributed by atoms with Crippen LogP contribution in [0, 0.1) is 11.3 Å². The van der Waals surface area contributed by atoms with Crippen molar-refractivity contribution in [1.82, 2.24) is 14.8 Å². The zero-order chi connectivity index (χ0) is 10.7. The lowest BCUT2D eigenvalue weighted by Gasteiger charge is -2.00. The van der Waals surface area contributed by atoms with Gasteiger partial charge in [0.25, 0.3) is 0 Å². The summed E-state index contributed by atoms with van der Waals surface area (Å²) in [5.41, 5.74) is 1.93. The zero-order valence-corrected chi connectivity index (χ0v) is 9.35. The molecule has 0 unspecified atom stereocenters. The Morgan fingerprint density at radius 3 is 2.60 bits per heavy atom. The molecule has 0 amide bonds. The van der Waals surface area contributed by atoms with Gasteiger partial charge in [0.15, 0.2) is 0 Å². The summed E-state index contributed by atoms with van der Waals surface area (Å²) in [4.78, 5) is 3.97. The van der Waals surface area contributed by atoms with Gasteiger partial charge < -0.3 is 0 Å². The van der Waals surface area contributed by atoms with Crippen LogP contribution in [-0.2, 0) is 6.42 Å². The Morgan fingerprint density at radius 1 is 1.33 bits per heavy atom. The van der Waals surface area contributed by atoms with Gasteiger partial charge >= 0.3 is 0 Å². The van der Waals surface area contributed by atoms with Crippen LogP contribution >= 0.6 is 15.9 Å². The predicted octanol–water partition coefficient (Wildman–Crippen LogP) is 2.10. The fraction of sp³-hybridized carbons (Fsp3) is 0.100. The highest BCUT2D eigenvalue weighted by Gasteiger charge is 1.99. The fourth-order valence-electron chi connectivity index (χ4n) is 1.23. The molecule has 0 bridgehead atoms. The Balaban J connectivity index is 2.28. The number of rotatable bonds is 2. The van der Waals surface area contributed by atoms with Crippen LogP contribution < -0.4 is 0 Å². The number of aromatic nitrogens is 3. The van der Waals surface area contributed by atoms with Crippen molar-refractivity contribution >= 4 is 15.9 Å². The summed E-state index contributed by atoms with van der Waals surface area (Å²) in [6.45, 7) is 0. The molecule has 0 radical (unpaired) electrons. The highest BCUT2D eigenvalue weighted by atomic mass is 79.9. The molecule has 2 rings (SSSR count). The van der Waals surface area contributed by atoms with Crippen molar-refractivity contribution in [2.45, 2.75) is 6.42 Å². The molecule has 0 aliphatic carbocycles. The molecule has 0 atom stereocenters. The monoisotopic (exact) mass is 262 g/mol. The summed E-state index contributed by atoms with van der Waals surface area (Å²) < 4.78 is 2.23. The van der Waals surface area contributed by atoms with Gasteiger partial charge in [0.2, 0.25) is 4.73 Å². The van der Waals surface area contributed by atoms with Crippen LogP contribution in [0.1, 0.15) is 5.56 Å². The minimum Gasteiger partial charge on any atom is -0.220 e. The molecule has 0 aliphatic rings. The van der Waals surface area contributed by atoms with E-state index in [2.05, 4.69) is 32.1 Å². The lowest BCUT2D eigenvalue weighted by atomic mass is 10.1. The molecular formula is C10H7BrN4. The largest absolute Gasteiger partial charge is 0.220 e. The summed E-state index contributed by atoms with van der Waals surface area (Å²) in [6, 6.07) is 9.75. The van der Waals surface area contributed by atoms with Gasteiger partial charge in [0.05, 0.1) is 18.2 Å². The molecule has 0 N–H and O–H groups in total. The molecule has 15 heavy (non-hydrogen) atoms. The van der Waals surface area contributed by atoms with Crippen LogP contribution in [0.4, 0.5) is 0 Å². The first-order valence-electron chi connectivity index (χ1n) is 4.33. The molecule has 0 aliphatic heterocycles. The number of hydrogen-bond acceptors (Lipinski definition) is 3. The standard InChI is InChI=1S/C10H7BrN4/c11-10-13-7-15(14-10)9-3-1-8(2-4-9)5-6-12/h1-4,7H,5H2. The van der Waals surface area contributed by atoms with E-state index in [0.717, 1.165) is 11.3 Å². The Hall–Kier alpha value is -1.67. The Bertz CT molecular complexity index is 495. The van der Waals surface area contributed by atoms with Gasteiger partial charge in [-0.3, -0.25) is 0 Å². The van der Waals surface area contributed by atoms with Crippen LogP contribution in [0.5, 0.6) is 0 Å². The molecule has 0 fully saturated rings. The molecule has 0 saturated carbocycles. The molecular weight excluding hydrogens is 256 g/mol. The van der Waals surface area contributed by atoms with Crippen molar-refractivity contribution in [2.24, 2.45) is 0 Å². The van der Waals surface area contributed by atoms with Gasteiger partial charge in [-0.2, -0.15) is 5.26 Å². The van der Waals surface area contributed by atoms with Gasteiger partial charge in [-0.15, -0.1) is 5.10 Å². The van der Waals surface area contributed by atoms with Crippen molar-refractivity contribution < 1.29 is 0 Å². The third-order valence-corrected chi connectivity index (χ3v) is 2.31. The van der Waals surface area contributed by atoms with Crippen LogP contribution in [0.15, 0.2) is 35.3 Å². The molecule has 0 spiro atoms. The normalized spacial score (nSPS) is 9.87. The number of nitriles is 1. The lowest BCUT2D eigenvalue weighted by molar-refractivity contribution is 0.869. The second-order valence-corrected chi connectivity index (χ2v) is 3.67. The highest BCUT2D eigenvalue weighted by molar-refractivity contribution is 9.10. The first-order valence-corrected chi connectivity index (χ1v) is 5.12. The van der Waals surface area contributed by atoms with E-state index in [0.29, 0.717) is 11.2 Å².